The summed E-state index contributed by atoms with van der Waals surface area (Å²) in [6.45, 7) is 8.26. The van der Waals surface area contributed by atoms with Crippen LogP contribution in [0.4, 0.5) is 4.79 Å². The SMILES string of the molecule is CCOC(=O)N1CCC(NC(N)=NCCCCCN2CCCCC2)CC1.I. The summed E-state index contributed by atoms with van der Waals surface area (Å²) in [5.41, 5.74) is 6.00. The molecule has 0 bridgehead atoms. The molecule has 0 spiro atoms. The van der Waals surface area contributed by atoms with Crippen molar-refractivity contribution >= 4 is 36.0 Å². The van der Waals surface area contributed by atoms with E-state index in [1.807, 2.05) is 6.92 Å². The van der Waals surface area contributed by atoms with E-state index < -0.39 is 0 Å². The first kappa shape index (κ1) is 24.3. The zero-order valence-corrected chi connectivity index (χ0v) is 19.2. The van der Waals surface area contributed by atoms with Crippen LogP contribution in [0.15, 0.2) is 4.99 Å². The van der Waals surface area contributed by atoms with Crippen LogP contribution in [-0.4, -0.2) is 73.8 Å². The third-order valence-electron chi connectivity index (χ3n) is 5.24. The summed E-state index contributed by atoms with van der Waals surface area (Å²) < 4.78 is 5.04. The summed E-state index contributed by atoms with van der Waals surface area (Å²) in [7, 11) is 0. The van der Waals surface area contributed by atoms with Gasteiger partial charge in [-0.25, -0.2) is 4.79 Å². The molecule has 0 aliphatic carbocycles. The molecular formula is C19H38IN5O2. The van der Waals surface area contributed by atoms with Crippen molar-refractivity contribution < 1.29 is 9.53 Å². The van der Waals surface area contributed by atoms with Gasteiger partial charge in [0.25, 0.3) is 0 Å². The highest BCUT2D eigenvalue weighted by Crippen LogP contribution is 2.12. The van der Waals surface area contributed by atoms with Gasteiger partial charge in [-0.15, -0.1) is 24.0 Å². The molecule has 2 rings (SSSR count). The summed E-state index contributed by atoms with van der Waals surface area (Å²) in [6, 6.07) is 0.295. The number of hydrogen-bond donors (Lipinski definition) is 2. The minimum Gasteiger partial charge on any atom is -0.450 e. The Kier molecular flexibility index (Phi) is 12.8. The van der Waals surface area contributed by atoms with Gasteiger partial charge in [0.1, 0.15) is 0 Å². The van der Waals surface area contributed by atoms with Gasteiger partial charge in [-0.2, -0.15) is 0 Å². The molecule has 158 valence electrons. The molecule has 2 heterocycles. The van der Waals surface area contributed by atoms with E-state index in [1.165, 1.54) is 51.7 Å². The van der Waals surface area contributed by atoms with Crippen LogP contribution in [0.5, 0.6) is 0 Å². The Morgan fingerprint density at radius 1 is 1.11 bits per heavy atom. The van der Waals surface area contributed by atoms with Gasteiger partial charge in [0.2, 0.25) is 0 Å². The first-order chi connectivity index (χ1) is 12.7. The van der Waals surface area contributed by atoms with Gasteiger partial charge in [-0.1, -0.05) is 12.8 Å². The van der Waals surface area contributed by atoms with E-state index in [0.717, 1.165) is 25.8 Å². The first-order valence-corrected chi connectivity index (χ1v) is 10.4. The van der Waals surface area contributed by atoms with Crippen molar-refractivity contribution in [2.75, 3.05) is 45.9 Å². The molecule has 2 fully saturated rings. The molecule has 2 saturated heterocycles. The molecule has 0 aromatic rings. The van der Waals surface area contributed by atoms with Gasteiger partial charge in [-0.05, 0) is 65.1 Å². The maximum absolute atomic E-state index is 11.7. The standard InChI is InChI=1S/C19H37N5O2.HI/c1-2-26-19(25)24-15-9-17(10-16-24)22-18(20)21-11-5-3-6-12-23-13-7-4-8-14-23;/h17H,2-16H2,1H3,(H3,20,21,22);1H. The lowest BCUT2D eigenvalue weighted by Crippen LogP contribution is -2.48. The summed E-state index contributed by atoms with van der Waals surface area (Å²) in [5.74, 6) is 0.538. The quantitative estimate of drug-likeness (QED) is 0.234. The number of rotatable bonds is 8. The van der Waals surface area contributed by atoms with Crippen LogP contribution in [-0.2, 0) is 4.74 Å². The predicted octanol–water partition coefficient (Wildman–Crippen LogP) is 2.79. The topological polar surface area (TPSA) is 83.2 Å². The number of carbonyl (C=O) groups excluding carboxylic acids is 1. The third kappa shape index (κ3) is 9.82. The first-order valence-electron chi connectivity index (χ1n) is 10.4. The van der Waals surface area contributed by atoms with E-state index in [4.69, 9.17) is 10.5 Å². The lowest BCUT2D eigenvalue weighted by molar-refractivity contribution is 0.0963. The maximum Gasteiger partial charge on any atom is 0.409 e. The lowest BCUT2D eigenvalue weighted by atomic mass is 10.1. The number of aliphatic imine (C=N–C) groups is 1. The zero-order chi connectivity index (χ0) is 18.6. The van der Waals surface area contributed by atoms with Gasteiger partial charge in [0, 0.05) is 25.7 Å². The number of nitrogens with one attached hydrogen (secondary N) is 1. The van der Waals surface area contributed by atoms with Crippen molar-refractivity contribution in [1.82, 2.24) is 15.1 Å². The Balaban J connectivity index is 0.00000364. The van der Waals surface area contributed by atoms with Crippen molar-refractivity contribution in [3.8, 4) is 0 Å². The molecule has 0 unspecified atom stereocenters. The molecule has 27 heavy (non-hydrogen) atoms. The number of ether oxygens (including phenoxy) is 1. The fourth-order valence-electron chi connectivity index (χ4n) is 3.68. The molecule has 2 aliphatic heterocycles. The number of piperidine rings is 2. The minimum absolute atomic E-state index is 0. The molecule has 2 aliphatic rings. The number of nitrogens with two attached hydrogens (primary N) is 1. The Labute approximate surface area is 181 Å². The second kappa shape index (κ2) is 14.3. The van der Waals surface area contributed by atoms with Gasteiger partial charge < -0.3 is 25.6 Å². The summed E-state index contributed by atoms with van der Waals surface area (Å²) in [6.07, 6.45) is 9.25. The second-order valence-corrected chi connectivity index (χ2v) is 7.33. The van der Waals surface area contributed by atoms with Crippen LogP contribution in [0.3, 0.4) is 0 Å². The number of guanidine groups is 1. The minimum atomic E-state index is -0.211. The molecule has 0 aromatic heterocycles. The third-order valence-corrected chi connectivity index (χ3v) is 5.24. The molecule has 0 aromatic carbocycles. The number of unbranched alkanes of at least 4 members (excludes halogenated alkanes) is 2. The molecule has 1 amide bonds. The van der Waals surface area contributed by atoms with Crippen molar-refractivity contribution in [1.29, 1.82) is 0 Å². The molecule has 0 radical (unpaired) electrons. The van der Waals surface area contributed by atoms with Crippen molar-refractivity contribution in [3.05, 3.63) is 0 Å². The fourth-order valence-corrected chi connectivity index (χ4v) is 3.68. The molecule has 3 N–H and O–H groups in total. The highest BCUT2D eigenvalue weighted by molar-refractivity contribution is 14.0. The maximum atomic E-state index is 11.7. The highest BCUT2D eigenvalue weighted by atomic mass is 127. The van der Waals surface area contributed by atoms with E-state index in [-0.39, 0.29) is 30.1 Å². The number of amides is 1. The van der Waals surface area contributed by atoms with Crippen molar-refractivity contribution in [2.45, 2.75) is 64.3 Å². The largest absolute Gasteiger partial charge is 0.450 e. The van der Waals surface area contributed by atoms with Crippen LogP contribution in [0.25, 0.3) is 0 Å². The average molecular weight is 495 g/mol. The van der Waals surface area contributed by atoms with E-state index in [9.17, 15) is 4.79 Å². The Hall–Kier alpha value is -0.770. The Bertz CT molecular complexity index is 436. The van der Waals surface area contributed by atoms with Crippen molar-refractivity contribution in [2.24, 2.45) is 10.7 Å². The normalized spacial score (nSPS) is 19.4. The average Bonchev–Trinajstić information content (AvgIpc) is 2.66. The van der Waals surface area contributed by atoms with Gasteiger partial charge in [0.05, 0.1) is 6.61 Å². The fraction of sp³-hybridized carbons (Fsp3) is 0.895. The smallest absolute Gasteiger partial charge is 0.409 e. The molecule has 0 atom stereocenters. The monoisotopic (exact) mass is 495 g/mol. The van der Waals surface area contributed by atoms with E-state index >= 15 is 0 Å². The van der Waals surface area contributed by atoms with Gasteiger partial charge >= 0.3 is 6.09 Å². The van der Waals surface area contributed by atoms with E-state index in [1.54, 1.807) is 4.90 Å². The van der Waals surface area contributed by atoms with Crippen LogP contribution in [0.2, 0.25) is 0 Å². The molecule has 7 nitrogen and oxygen atoms in total. The Morgan fingerprint density at radius 2 is 1.81 bits per heavy atom. The molecule has 0 saturated carbocycles. The summed E-state index contributed by atoms with van der Waals surface area (Å²) in [5, 5.41) is 3.29. The summed E-state index contributed by atoms with van der Waals surface area (Å²) in [4.78, 5) is 20.5. The zero-order valence-electron chi connectivity index (χ0n) is 16.8. The number of carbonyl (C=O) groups is 1. The van der Waals surface area contributed by atoms with Gasteiger partial charge in [-0.3, -0.25) is 4.99 Å². The lowest BCUT2D eigenvalue weighted by Gasteiger charge is -2.31. The van der Waals surface area contributed by atoms with Gasteiger partial charge in [0.15, 0.2) is 5.96 Å². The predicted molar refractivity (Wildman–Crippen MR) is 121 cm³/mol. The van der Waals surface area contributed by atoms with Crippen LogP contribution in [0.1, 0.15) is 58.3 Å². The number of likely N-dealkylation sites (tertiary alicyclic amines) is 2. The van der Waals surface area contributed by atoms with Crippen molar-refractivity contribution in [3.63, 3.8) is 0 Å². The number of halogens is 1. The number of nitrogens with zero attached hydrogens (tertiary/aromatic N) is 3. The van der Waals surface area contributed by atoms with Crippen LogP contribution >= 0.6 is 24.0 Å². The Morgan fingerprint density at radius 3 is 2.48 bits per heavy atom. The number of hydrogen-bond acceptors (Lipinski definition) is 4. The summed E-state index contributed by atoms with van der Waals surface area (Å²) >= 11 is 0. The molecule has 8 heteroatoms. The van der Waals surface area contributed by atoms with Crippen LogP contribution in [0, 0.1) is 0 Å². The highest BCUT2D eigenvalue weighted by Gasteiger charge is 2.23. The van der Waals surface area contributed by atoms with E-state index in [2.05, 4.69) is 15.2 Å². The van der Waals surface area contributed by atoms with Crippen LogP contribution < -0.4 is 11.1 Å². The van der Waals surface area contributed by atoms with E-state index in [0.29, 0.717) is 31.7 Å². The molecular weight excluding hydrogens is 457 g/mol. The second-order valence-electron chi connectivity index (χ2n) is 7.33.